The van der Waals surface area contributed by atoms with E-state index in [1.165, 1.54) is 10.9 Å². The van der Waals surface area contributed by atoms with Gasteiger partial charge in [0, 0.05) is 0 Å². The number of aromatic nitrogens is 6. The molecule has 1 aliphatic rings. The van der Waals surface area contributed by atoms with Gasteiger partial charge in [0.1, 0.15) is 35.1 Å². The lowest BCUT2D eigenvalue weighted by Crippen LogP contribution is -2.33. The molecule has 7 N–H and O–H groups in total. The van der Waals surface area contributed by atoms with Crippen molar-refractivity contribution in [2.45, 2.75) is 37.9 Å². The van der Waals surface area contributed by atoms with E-state index >= 15 is 0 Å². The number of carbonyl (C=O) groups is 1. The molecular formula is C16H19N7O6. The van der Waals surface area contributed by atoms with Crippen molar-refractivity contribution in [3.8, 4) is 11.5 Å². The zero-order valence-electron chi connectivity index (χ0n) is 15.2. The van der Waals surface area contributed by atoms with Crippen molar-refractivity contribution >= 4 is 23.0 Å². The van der Waals surface area contributed by atoms with Crippen LogP contribution in [0.4, 0.5) is 5.82 Å². The molecule has 29 heavy (non-hydrogen) atoms. The highest BCUT2D eigenvalue weighted by Crippen LogP contribution is 2.33. The van der Waals surface area contributed by atoms with Crippen LogP contribution in [-0.2, 0) is 11.2 Å². The molecule has 154 valence electrons. The van der Waals surface area contributed by atoms with Gasteiger partial charge in [0.25, 0.3) is 0 Å². The highest BCUT2D eigenvalue weighted by Gasteiger charge is 2.44. The standard InChI is InChI=1S/C16H19N7O6/c1-2-5-7(16(27)28)8(22-21-5)13-19-12(17)9-14(20-13)23(4-18-9)15-11(26)10(25)6(3-24)29-15/h4,6,10-11,15,24-26H,2-3H2,1H3,(H,21,22)(H,27,28)(H2,17,19,20)/t6-,10-,11-,15-/m1/s1. The van der Waals surface area contributed by atoms with Crippen LogP contribution >= 0.6 is 0 Å². The van der Waals surface area contributed by atoms with Gasteiger partial charge in [-0.05, 0) is 6.42 Å². The molecule has 0 aromatic carbocycles. The van der Waals surface area contributed by atoms with E-state index in [-0.39, 0.29) is 34.1 Å². The molecule has 4 heterocycles. The molecule has 0 radical (unpaired) electrons. The van der Waals surface area contributed by atoms with Crippen LogP contribution in [0.1, 0.15) is 29.2 Å². The minimum atomic E-state index is -1.35. The summed E-state index contributed by atoms with van der Waals surface area (Å²) in [5.41, 5.74) is 6.69. The second-order valence-electron chi connectivity index (χ2n) is 6.57. The van der Waals surface area contributed by atoms with E-state index in [1.807, 2.05) is 0 Å². The molecule has 3 aromatic rings. The van der Waals surface area contributed by atoms with Crippen molar-refractivity contribution in [2.24, 2.45) is 0 Å². The Kier molecular flexibility index (Phi) is 4.66. The van der Waals surface area contributed by atoms with Crippen LogP contribution in [0, 0.1) is 0 Å². The Morgan fingerprint density at radius 3 is 2.72 bits per heavy atom. The average Bonchev–Trinajstić information content (AvgIpc) is 3.38. The van der Waals surface area contributed by atoms with Gasteiger partial charge in [-0.25, -0.2) is 19.7 Å². The predicted molar refractivity (Wildman–Crippen MR) is 96.7 cm³/mol. The monoisotopic (exact) mass is 405 g/mol. The van der Waals surface area contributed by atoms with Gasteiger partial charge in [-0.3, -0.25) is 9.67 Å². The van der Waals surface area contributed by atoms with Crippen LogP contribution in [-0.4, -0.2) is 81.0 Å². The Morgan fingerprint density at radius 1 is 1.34 bits per heavy atom. The minimum Gasteiger partial charge on any atom is -0.478 e. The van der Waals surface area contributed by atoms with Crippen molar-refractivity contribution in [1.82, 2.24) is 29.7 Å². The number of H-pyrrole nitrogens is 1. The summed E-state index contributed by atoms with van der Waals surface area (Å²) in [5.74, 6) is -1.26. The molecule has 0 amide bonds. The summed E-state index contributed by atoms with van der Waals surface area (Å²) in [6.45, 7) is 1.29. The first-order valence-corrected chi connectivity index (χ1v) is 8.80. The predicted octanol–water partition coefficient (Wildman–Crippen LogP) is -1.33. The number of aromatic amines is 1. The second-order valence-corrected chi connectivity index (χ2v) is 6.57. The maximum Gasteiger partial charge on any atom is 0.339 e. The van der Waals surface area contributed by atoms with Crippen LogP contribution in [0.25, 0.3) is 22.7 Å². The van der Waals surface area contributed by atoms with Crippen LogP contribution in [0.15, 0.2) is 6.33 Å². The zero-order chi connectivity index (χ0) is 20.9. The van der Waals surface area contributed by atoms with Crippen molar-refractivity contribution < 1.29 is 30.0 Å². The molecule has 13 nitrogen and oxygen atoms in total. The number of aliphatic hydroxyl groups excluding tert-OH is 3. The summed E-state index contributed by atoms with van der Waals surface area (Å²) in [6.07, 6.45) is -3.01. The number of carboxylic acid groups (broad SMARTS) is 1. The van der Waals surface area contributed by atoms with Gasteiger partial charge in [0.05, 0.1) is 18.6 Å². The fourth-order valence-electron chi connectivity index (χ4n) is 3.37. The lowest BCUT2D eigenvalue weighted by molar-refractivity contribution is -0.0511. The first kappa shape index (κ1) is 19.2. The molecule has 0 spiro atoms. The minimum absolute atomic E-state index is 0.0110. The van der Waals surface area contributed by atoms with E-state index in [4.69, 9.17) is 10.5 Å². The number of nitrogens with zero attached hydrogens (tertiary/aromatic N) is 5. The number of aromatic carboxylic acids is 1. The summed E-state index contributed by atoms with van der Waals surface area (Å²) >= 11 is 0. The van der Waals surface area contributed by atoms with E-state index in [2.05, 4.69) is 25.1 Å². The third-order valence-corrected chi connectivity index (χ3v) is 4.86. The van der Waals surface area contributed by atoms with Gasteiger partial charge in [-0.2, -0.15) is 5.10 Å². The molecule has 0 saturated carbocycles. The number of aliphatic hydroxyl groups is 3. The first-order chi connectivity index (χ1) is 13.9. The van der Waals surface area contributed by atoms with Crippen molar-refractivity contribution in [3.63, 3.8) is 0 Å². The van der Waals surface area contributed by atoms with Gasteiger partial charge in [-0.15, -0.1) is 0 Å². The highest BCUT2D eigenvalue weighted by atomic mass is 16.6. The van der Waals surface area contributed by atoms with Crippen LogP contribution in [0.5, 0.6) is 0 Å². The third-order valence-electron chi connectivity index (χ3n) is 4.86. The molecule has 0 aliphatic carbocycles. The lowest BCUT2D eigenvalue weighted by atomic mass is 10.1. The van der Waals surface area contributed by atoms with Crippen molar-refractivity contribution in [1.29, 1.82) is 0 Å². The van der Waals surface area contributed by atoms with Crippen LogP contribution in [0.3, 0.4) is 0 Å². The number of nitrogen functional groups attached to an aromatic ring is 1. The smallest absolute Gasteiger partial charge is 0.339 e. The molecular weight excluding hydrogens is 386 g/mol. The Hall–Kier alpha value is -3.13. The summed E-state index contributed by atoms with van der Waals surface area (Å²) in [6, 6.07) is 0. The fraction of sp³-hybridized carbons (Fsp3) is 0.438. The fourth-order valence-corrected chi connectivity index (χ4v) is 3.37. The normalized spacial score (nSPS) is 24.4. The van der Waals surface area contributed by atoms with Gasteiger partial charge >= 0.3 is 5.97 Å². The molecule has 1 aliphatic heterocycles. The number of fused-ring (bicyclic) bond motifs is 1. The van der Waals surface area contributed by atoms with E-state index in [9.17, 15) is 25.2 Å². The number of carboxylic acids is 1. The number of anilines is 1. The maximum atomic E-state index is 11.7. The number of ether oxygens (including phenoxy) is 1. The van der Waals surface area contributed by atoms with Crippen LogP contribution < -0.4 is 5.73 Å². The maximum absolute atomic E-state index is 11.7. The number of hydrogen-bond donors (Lipinski definition) is 6. The van der Waals surface area contributed by atoms with Gasteiger partial charge in [0.15, 0.2) is 23.5 Å². The Labute approximate surface area is 162 Å². The van der Waals surface area contributed by atoms with E-state index in [0.717, 1.165) is 0 Å². The van der Waals surface area contributed by atoms with Crippen molar-refractivity contribution in [2.75, 3.05) is 12.3 Å². The number of rotatable bonds is 5. The summed E-state index contributed by atoms with van der Waals surface area (Å²) in [5, 5.41) is 45.8. The van der Waals surface area contributed by atoms with E-state index in [1.54, 1.807) is 6.92 Å². The first-order valence-electron chi connectivity index (χ1n) is 8.80. The molecule has 1 saturated heterocycles. The SMILES string of the molecule is CCc1[nH]nc(-c2nc(N)c3ncn([C@@H]4O[C@H](CO)[C@@H](O)[C@H]4O)c3n2)c1C(=O)O. The van der Waals surface area contributed by atoms with E-state index < -0.39 is 37.1 Å². The Balaban J connectivity index is 1.85. The van der Waals surface area contributed by atoms with Gasteiger partial charge in [-0.1, -0.05) is 6.92 Å². The number of aryl methyl sites for hydroxylation is 1. The van der Waals surface area contributed by atoms with Crippen molar-refractivity contribution in [3.05, 3.63) is 17.6 Å². The zero-order valence-corrected chi connectivity index (χ0v) is 15.2. The number of nitrogens with one attached hydrogen (secondary N) is 1. The summed E-state index contributed by atoms with van der Waals surface area (Å²) < 4.78 is 6.85. The molecule has 4 atom stereocenters. The number of imidazole rings is 1. The number of hydrogen-bond acceptors (Lipinski definition) is 10. The Bertz CT molecular complexity index is 1080. The molecule has 3 aromatic heterocycles. The third kappa shape index (κ3) is 2.91. The molecule has 4 rings (SSSR count). The quantitative estimate of drug-likeness (QED) is 0.293. The molecule has 1 fully saturated rings. The summed E-state index contributed by atoms with van der Waals surface area (Å²) in [4.78, 5) is 24.3. The number of nitrogens with two attached hydrogens (primary N) is 1. The second kappa shape index (κ2) is 7.04. The molecule has 0 unspecified atom stereocenters. The topological polar surface area (TPSA) is 206 Å². The van der Waals surface area contributed by atoms with Crippen LogP contribution in [0.2, 0.25) is 0 Å². The van der Waals surface area contributed by atoms with Gasteiger partial charge < -0.3 is 30.9 Å². The van der Waals surface area contributed by atoms with E-state index in [0.29, 0.717) is 12.1 Å². The summed E-state index contributed by atoms with van der Waals surface area (Å²) in [7, 11) is 0. The molecule has 0 bridgehead atoms. The highest BCUT2D eigenvalue weighted by molar-refractivity contribution is 5.96. The average molecular weight is 405 g/mol. The molecule has 13 heteroatoms. The Morgan fingerprint density at radius 2 is 2.10 bits per heavy atom. The van der Waals surface area contributed by atoms with Gasteiger partial charge in [0.2, 0.25) is 0 Å². The lowest BCUT2D eigenvalue weighted by Gasteiger charge is -2.16. The largest absolute Gasteiger partial charge is 0.478 e.